The number of nitrogens with one attached hydrogen (secondary N) is 2. The number of pyridine rings is 1. The summed E-state index contributed by atoms with van der Waals surface area (Å²) < 4.78 is 28.1. The topological polar surface area (TPSA) is 141 Å². The predicted octanol–water partition coefficient (Wildman–Crippen LogP) is 2.92. The maximum absolute atomic E-state index is 12.4. The summed E-state index contributed by atoms with van der Waals surface area (Å²) in [6, 6.07) is 12.0. The fourth-order valence-corrected chi connectivity index (χ4v) is 3.98. The molecule has 0 aliphatic carbocycles. The second kappa shape index (κ2) is 9.90. The predicted molar refractivity (Wildman–Crippen MR) is 123 cm³/mol. The number of aromatic hydroxyl groups is 1. The van der Waals surface area contributed by atoms with Gasteiger partial charge in [-0.15, -0.1) is 0 Å². The fraction of sp³-hybridized carbons (Fsp3) is 0.0952. The number of hydrogen-bond acceptors (Lipinski definition) is 7. The van der Waals surface area contributed by atoms with Crippen LogP contribution in [0.1, 0.15) is 27.2 Å². The first-order valence-electron chi connectivity index (χ1n) is 9.21. The largest absolute Gasteiger partial charge is 0.505 e. The zero-order valence-corrected chi connectivity index (χ0v) is 19.2. The molecule has 0 radical (unpaired) electrons. The Morgan fingerprint density at radius 1 is 1.16 bits per heavy atom. The first-order chi connectivity index (χ1) is 15.2. The van der Waals surface area contributed by atoms with Gasteiger partial charge in [0, 0.05) is 33.0 Å². The van der Waals surface area contributed by atoms with Gasteiger partial charge in [-0.25, -0.2) is 13.8 Å². The van der Waals surface area contributed by atoms with Crippen LogP contribution in [-0.2, 0) is 16.6 Å². The molecule has 0 saturated heterocycles. The lowest BCUT2D eigenvalue weighted by molar-refractivity contribution is 0.0955. The molecule has 1 aromatic heterocycles. The van der Waals surface area contributed by atoms with Crippen molar-refractivity contribution >= 4 is 43.8 Å². The Kier molecular flexibility index (Phi) is 7.23. The number of sulfonamides is 1. The summed E-state index contributed by atoms with van der Waals surface area (Å²) in [4.78, 5) is 16.4. The fourth-order valence-electron chi connectivity index (χ4n) is 2.66. The molecule has 32 heavy (non-hydrogen) atoms. The molecule has 0 bridgehead atoms. The average Bonchev–Trinajstić information content (AvgIpc) is 2.77. The molecule has 4 N–H and O–H groups in total. The van der Waals surface area contributed by atoms with E-state index >= 15 is 0 Å². The lowest BCUT2D eigenvalue weighted by Crippen LogP contribution is -2.18. The number of rotatable bonds is 7. The maximum Gasteiger partial charge on any atom is 0.271 e. The normalized spacial score (nSPS) is 11.5. The quantitative estimate of drug-likeness (QED) is 0.280. The van der Waals surface area contributed by atoms with Crippen molar-refractivity contribution in [3.63, 3.8) is 0 Å². The molecule has 0 aliphatic rings. The van der Waals surface area contributed by atoms with Gasteiger partial charge in [-0.3, -0.25) is 14.5 Å². The summed E-state index contributed by atoms with van der Waals surface area (Å²) in [5, 5.41) is 23.3. The number of aliphatic hydroxyl groups excluding tert-OH is 1. The third-order valence-corrected chi connectivity index (χ3v) is 6.34. The van der Waals surface area contributed by atoms with Crippen molar-refractivity contribution in [3.8, 4) is 5.75 Å². The highest BCUT2D eigenvalue weighted by molar-refractivity contribution is 9.10. The number of aliphatic hydroxyl groups is 1. The monoisotopic (exact) mass is 518 g/mol. The highest BCUT2D eigenvalue weighted by atomic mass is 79.9. The van der Waals surface area contributed by atoms with Gasteiger partial charge in [0.05, 0.1) is 23.4 Å². The van der Waals surface area contributed by atoms with E-state index in [0.717, 1.165) is 4.47 Å². The van der Waals surface area contributed by atoms with Crippen molar-refractivity contribution in [2.45, 2.75) is 18.4 Å². The van der Waals surface area contributed by atoms with Crippen molar-refractivity contribution in [1.29, 1.82) is 0 Å². The van der Waals surface area contributed by atoms with Crippen molar-refractivity contribution in [2.75, 3.05) is 4.72 Å². The van der Waals surface area contributed by atoms with Crippen LogP contribution in [-0.4, -0.2) is 35.7 Å². The number of nitrogens with zero attached hydrogens (tertiary/aromatic N) is 2. The van der Waals surface area contributed by atoms with Crippen LogP contribution in [0.15, 0.2) is 69.2 Å². The Morgan fingerprint density at radius 2 is 1.81 bits per heavy atom. The maximum atomic E-state index is 12.4. The molecule has 0 atom stereocenters. The molecule has 0 fully saturated rings. The third-order valence-electron chi connectivity index (χ3n) is 4.41. The van der Waals surface area contributed by atoms with E-state index in [-0.39, 0.29) is 34.1 Å². The Balaban J connectivity index is 1.68. The highest BCUT2D eigenvalue weighted by Gasteiger charge is 2.14. The first-order valence-corrected chi connectivity index (χ1v) is 11.5. The molecule has 0 aliphatic heterocycles. The molecular formula is C21H19BrN4O5S. The second-order valence-electron chi connectivity index (χ2n) is 6.63. The van der Waals surface area contributed by atoms with Crippen LogP contribution in [0.5, 0.6) is 5.75 Å². The number of anilines is 1. The van der Waals surface area contributed by atoms with Crippen molar-refractivity contribution < 1.29 is 23.4 Å². The minimum atomic E-state index is -3.77. The zero-order chi connectivity index (χ0) is 23.3. The van der Waals surface area contributed by atoms with Gasteiger partial charge in [-0.2, -0.15) is 5.10 Å². The highest BCUT2D eigenvalue weighted by Crippen LogP contribution is 2.22. The smallest absolute Gasteiger partial charge is 0.271 e. The van der Waals surface area contributed by atoms with E-state index in [4.69, 9.17) is 0 Å². The number of aromatic nitrogens is 1. The zero-order valence-electron chi connectivity index (χ0n) is 16.8. The third kappa shape index (κ3) is 5.49. The molecule has 1 heterocycles. The number of amides is 1. The van der Waals surface area contributed by atoms with E-state index < -0.39 is 15.9 Å². The van der Waals surface area contributed by atoms with Crippen LogP contribution >= 0.6 is 15.9 Å². The van der Waals surface area contributed by atoms with Crippen LogP contribution < -0.4 is 10.1 Å². The van der Waals surface area contributed by atoms with Crippen LogP contribution in [0.2, 0.25) is 0 Å². The second-order valence-corrected chi connectivity index (χ2v) is 9.22. The summed E-state index contributed by atoms with van der Waals surface area (Å²) in [5.74, 6) is -0.684. The molecule has 0 saturated carbocycles. The number of benzene rings is 2. The van der Waals surface area contributed by atoms with Gasteiger partial charge in [-0.05, 0) is 55.5 Å². The van der Waals surface area contributed by atoms with E-state index in [2.05, 4.69) is 36.2 Å². The van der Waals surface area contributed by atoms with E-state index in [1.807, 2.05) is 0 Å². The minimum absolute atomic E-state index is 0.105. The Hall–Kier alpha value is -3.28. The van der Waals surface area contributed by atoms with Crippen molar-refractivity contribution in [1.82, 2.24) is 10.4 Å². The SMILES string of the molecule is Cc1ncc(CO)c(/C=N/NC(=O)c2ccc(NS(=O)(=O)c3ccc(Br)cc3)cc2)c1O. The number of aryl methyl sites for hydroxylation is 1. The summed E-state index contributed by atoms with van der Waals surface area (Å²) in [6.07, 6.45) is 2.63. The van der Waals surface area contributed by atoms with Gasteiger partial charge < -0.3 is 10.2 Å². The molecule has 9 nitrogen and oxygen atoms in total. The van der Waals surface area contributed by atoms with E-state index in [0.29, 0.717) is 11.3 Å². The number of carbonyl (C=O) groups excluding carboxylic acids is 1. The summed E-state index contributed by atoms with van der Waals surface area (Å²) in [6.45, 7) is 1.24. The Morgan fingerprint density at radius 3 is 2.44 bits per heavy atom. The summed E-state index contributed by atoms with van der Waals surface area (Å²) >= 11 is 3.26. The molecule has 3 aromatic rings. The molecule has 11 heteroatoms. The Labute approximate surface area is 193 Å². The van der Waals surface area contributed by atoms with Crippen molar-refractivity contribution in [2.24, 2.45) is 5.10 Å². The molecule has 0 spiro atoms. The Bertz CT molecular complexity index is 1260. The van der Waals surface area contributed by atoms with Crippen LogP contribution in [0.3, 0.4) is 0 Å². The van der Waals surface area contributed by atoms with E-state index in [9.17, 15) is 23.4 Å². The van der Waals surface area contributed by atoms with Crippen molar-refractivity contribution in [3.05, 3.63) is 81.6 Å². The van der Waals surface area contributed by atoms with Gasteiger partial charge >= 0.3 is 0 Å². The number of hydrogen-bond donors (Lipinski definition) is 4. The lowest BCUT2D eigenvalue weighted by Gasteiger charge is -2.09. The molecule has 0 unspecified atom stereocenters. The van der Waals surface area contributed by atoms with E-state index in [1.54, 1.807) is 19.1 Å². The minimum Gasteiger partial charge on any atom is -0.505 e. The average molecular weight is 519 g/mol. The van der Waals surface area contributed by atoms with Gasteiger partial charge in [0.25, 0.3) is 15.9 Å². The van der Waals surface area contributed by atoms with Crippen LogP contribution in [0, 0.1) is 6.92 Å². The number of halogens is 1. The number of carbonyl (C=O) groups is 1. The standard InChI is InChI=1S/C21H19BrN4O5S/c1-13-20(28)19(15(12-27)10-23-13)11-24-25-21(29)14-2-6-17(7-3-14)26-32(30,31)18-8-4-16(22)5-9-18/h2-11,26-28H,12H2,1H3,(H,25,29)/b24-11+. The number of hydrazone groups is 1. The van der Waals surface area contributed by atoms with Crippen LogP contribution in [0.4, 0.5) is 5.69 Å². The first kappa shape index (κ1) is 23.4. The van der Waals surface area contributed by atoms with Gasteiger partial charge in [0.2, 0.25) is 0 Å². The molecule has 166 valence electrons. The molecular weight excluding hydrogens is 500 g/mol. The molecule has 3 rings (SSSR count). The lowest BCUT2D eigenvalue weighted by atomic mass is 10.1. The molecule has 1 amide bonds. The summed E-state index contributed by atoms with van der Waals surface area (Å²) in [5.41, 5.74) is 3.81. The molecule has 2 aromatic carbocycles. The van der Waals surface area contributed by atoms with Gasteiger partial charge in [-0.1, -0.05) is 15.9 Å². The van der Waals surface area contributed by atoms with Gasteiger partial charge in [0.15, 0.2) is 0 Å². The van der Waals surface area contributed by atoms with E-state index in [1.165, 1.54) is 48.8 Å². The van der Waals surface area contributed by atoms with Gasteiger partial charge in [0.1, 0.15) is 5.75 Å². The van der Waals surface area contributed by atoms with Crippen LogP contribution in [0.25, 0.3) is 0 Å². The summed E-state index contributed by atoms with van der Waals surface area (Å²) in [7, 11) is -3.77.